The van der Waals surface area contributed by atoms with Gasteiger partial charge in [-0.2, -0.15) is 5.10 Å². The van der Waals surface area contributed by atoms with Crippen molar-refractivity contribution < 1.29 is 4.79 Å². The van der Waals surface area contributed by atoms with Crippen LogP contribution >= 0.6 is 11.6 Å². The third-order valence-corrected chi connectivity index (χ3v) is 4.32. The Hall–Kier alpha value is -1.81. The maximum atomic E-state index is 12.5. The molecule has 1 aromatic carbocycles. The number of halogens is 1. The lowest BCUT2D eigenvalue weighted by Gasteiger charge is -2.20. The highest BCUT2D eigenvalue weighted by molar-refractivity contribution is 6.34. The standard InChI is InChI=1S/C18H24ClN3O/c1-6-14-15(19)16(21-20-14)17(23)22(5)11-12-7-9-13(10-8-12)18(2,3)4/h7-10H,6,11H2,1-5H3,(H,20,21). The molecular formula is C18H24ClN3O. The summed E-state index contributed by atoms with van der Waals surface area (Å²) in [6.45, 7) is 9.03. The van der Waals surface area contributed by atoms with E-state index >= 15 is 0 Å². The van der Waals surface area contributed by atoms with Gasteiger partial charge in [0.1, 0.15) is 5.69 Å². The molecule has 5 heteroatoms. The van der Waals surface area contributed by atoms with Gasteiger partial charge in [0.15, 0.2) is 0 Å². The molecule has 0 saturated heterocycles. The second-order valence-electron chi connectivity index (χ2n) is 6.82. The third kappa shape index (κ3) is 3.94. The van der Waals surface area contributed by atoms with Gasteiger partial charge >= 0.3 is 0 Å². The van der Waals surface area contributed by atoms with E-state index in [1.807, 2.05) is 6.92 Å². The molecule has 0 atom stereocenters. The average Bonchev–Trinajstić information content (AvgIpc) is 2.87. The molecule has 0 fully saturated rings. The number of carbonyl (C=O) groups is 1. The lowest BCUT2D eigenvalue weighted by Crippen LogP contribution is -2.26. The van der Waals surface area contributed by atoms with Gasteiger partial charge in [0.2, 0.25) is 0 Å². The zero-order valence-corrected chi connectivity index (χ0v) is 15.2. The predicted molar refractivity (Wildman–Crippen MR) is 93.9 cm³/mol. The maximum absolute atomic E-state index is 12.5. The van der Waals surface area contributed by atoms with E-state index in [4.69, 9.17) is 11.6 Å². The summed E-state index contributed by atoms with van der Waals surface area (Å²) in [5.41, 5.74) is 3.56. The number of nitrogens with zero attached hydrogens (tertiary/aromatic N) is 2. The molecule has 2 rings (SSSR count). The number of aryl methyl sites for hydroxylation is 1. The van der Waals surface area contributed by atoms with Crippen molar-refractivity contribution in [1.29, 1.82) is 0 Å². The van der Waals surface area contributed by atoms with Crippen molar-refractivity contribution in [3.63, 3.8) is 0 Å². The number of rotatable bonds is 4. The van der Waals surface area contributed by atoms with E-state index < -0.39 is 0 Å². The lowest BCUT2D eigenvalue weighted by molar-refractivity contribution is 0.0779. The van der Waals surface area contributed by atoms with Crippen LogP contribution in [0.25, 0.3) is 0 Å². The van der Waals surface area contributed by atoms with Crippen molar-refractivity contribution in [2.45, 2.75) is 46.1 Å². The Bertz CT molecular complexity index is 683. The smallest absolute Gasteiger partial charge is 0.273 e. The van der Waals surface area contributed by atoms with Gasteiger partial charge in [-0.05, 0) is 23.0 Å². The number of amides is 1. The van der Waals surface area contributed by atoms with Crippen LogP contribution < -0.4 is 0 Å². The van der Waals surface area contributed by atoms with Crippen LogP contribution in [0.2, 0.25) is 5.02 Å². The van der Waals surface area contributed by atoms with Crippen LogP contribution in [0.15, 0.2) is 24.3 Å². The van der Waals surface area contributed by atoms with Gasteiger partial charge < -0.3 is 4.90 Å². The highest BCUT2D eigenvalue weighted by Gasteiger charge is 2.20. The maximum Gasteiger partial charge on any atom is 0.273 e. The Kier molecular flexibility index (Phi) is 5.15. The Labute approximate surface area is 142 Å². The van der Waals surface area contributed by atoms with E-state index in [0.717, 1.165) is 11.3 Å². The second-order valence-corrected chi connectivity index (χ2v) is 7.20. The van der Waals surface area contributed by atoms with Crippen LogP contribution in [0, 0.1) is 0 Å². The number of carbonyl (C=O) groups excluding carboxylic acids is 1. The number of nitrogens with one attached hydrogen (secondary N) is 1. The van der Waals surface area contributed by atoms with Crippen LogP contribution in [0.1, 0.15) is 55.0 Å². The van der Waals surface area contributed by atoms with Crippen molar-refractivity contribution in [3.8, 4) is 0 Å². The van der Waals surface area contributed by atoms with Crippen LogP contribution in [0.3, 0.4) is 0 Å². The molecule has 0 bridgehead atoms. The van der Waals surface area contributed by atoms with Crippen LogP contribution in [0.5, 0.6) is 0 Å². The summed E-state index contributed by atoms with van der Waals surface area (Å²) in [5.74, 6) is -0.151. The minimum atomic E-state index is -0.151. The molecule has 1 aromatic heterocycles. The van der Waals surface area contributed by atoms with Crippen molar-refractivity contribution >= 4 is 17.5 Å². The first kappa shape index (κ1) is 17.5. The van der Waals surface area contributed by atoms with Gasteiger partial charge in [-0.1, -0.05) is 63.6 Å². The number of hydrogen-bond donors (Lipinski definition) is 1. The molecule has 0 aliphatic heterocycles. The number of aromatic nitrogens is 2. The number of H-pyrrole nitrogens is 1. The minimum absolute atomic E-state index is 0.125. The highest BCUT2D eigenvalue weighted by atomic mass is 35.5. The van der Waals surface area contributed by atoms with E-state index in [9.17, 15) is 4.79 Å². The Morgan fingerprint density at radius 1 is 1.26 bits per heavy atom. The van der Waals surface area contributed by atoms with Crippen LogP contribution in [-0.2, 0) is 18.4 Å². The summed E-state index contributed by atoms with van der Waals surface area (Å²) in [6, 6.07) is 8.37. The molecule has 1 amide bonds. The van der Waals surface area contributed by atoms with E-state index in [0.29, 0.717) is 23.7 Å². The first-order chi connectivity index (χ1) is 10.7. The molecular weight excluding hydrogens is 310 g/mol. The molecule has 23 heavy (non-hydrogen) atoms. The fraction of sp³-hybridized carbons (Fsp3) is 0.444. The molecule has 4 nitrogen and oxygen atoms in total. The third-order valence-electron chi connectivity index (χ3n) is 3.91. The summed E-state index contributed by atoms with van der Waals surface area (Å²) in [6.07, 6.45) is 0.695. The van der Waals surface area contributed by atoms with E-state index in [-0.39, 0.29) is 11.3 Å². The Morgan fingerprint density at radius 2 is 1.87 bits per heavy atom. The molecule has 2 aromatic rings. The lowest BCUT2D eigenvalue weighted by atomic mass is 9.87. The number of aromatic amines is 1. The summed E-state index contributed by atoms with van der Waals surface area (Å²) in [7, 11) is 1.77. The first-order valence-electron chi connectivity index (χ1n) is 7.81. The normalized spacial score (nSPS) is 11.6. The van der Waals surface area contributed by atoms with Crippen molar-refractivity contribution in [2.75, 3.05) is 7.05 Å². The molecule has 0 aliphatic carbocycles. The second kappa shape index (κ2) is 6.75. The van der Waals surface area contributed by atoms with Crippen LogP contribution in [0.4, 0.5) is 0 Å². The average molecular weight is 334 g/mol. The van der Waals surface area contributed by atoms with E-state index in [2.05, 4.69) is 55.2 Å². The van der Waals surface area contributed by atoms with Crippen molar-refractivity contribution in [2.24, 2.45) is 0 Å². The quantitative estimate of drug-likeness (QED) is 0.911. The van der Waals surface area contributed by atoms with Gasteiger partial charge in [0.05, 0.1) is 10.7 Å². The van der Waals surface area contributed by atoms with Crippen LogP contribution in [-0.4, -0.2) is 28.1 Å². The molecule has 0 radical (unpaired) electrons. The topological polar surface area (TPSA) is 49.0 Å². The predicted octanol–water partition coefficient (Wildman–Crippen LogP) is 4.20. The summed E-state index contributed by atoms with van der Waals surface area (Å²) in [4.78, 5) is 14.1. The highest BCUT2D eigenvalue weighted by Crippen LogP contribution is 2.23. The van der Waals surface area contributed by atoms with E-state index in [1.54, 1.807) is 11.9 Å². The van der Waals surface area contributed by atoms with Crippen molar-refractivity contribution in [1.82, 2.24) is 15.1 Å². The molecule has 0 spiro atoms. The SMILES string of the molecule is CCc1n[nH]c(C(=O)N(C)Cc2ccc(C(C)(C)C)cc2)c1Cl. The number of hydrogen-bond acceptors (Lipinski definition) is 2. The van der Waals surface area contributed by atoms with Gasteiger partial charge in [-0.25, -0.2) is 0 Å². The van der Waals surface area contributed by atoms with Gasteiger partial charge in [0, 0.05) is 13.6 Å². The molecule has 1 heterocycles. The van der Waals surface area contributed by atoms with Gasteiger partial charge in [-0.15, -0.1) is 0 Å². The molecule has 124 valence electrons. The Balaban J connectivity index is 2.10. The Morgan fingerprint density at radius 3 is 2.35 bits per heavy atom. The van der Waals surface area contributed by atoms with Gasteiger partial charge in [-0.3, -0.25) is 9.89 Å². The summed E-state index contributed by atoms with van der Waals surface area (Å²) in [5, 5.41) is 7.25. The first-order valence-corrected chi connectivity index (χ1v) is 8.19. The zero-order valence-electron chi connectivity index (χ0n) is 14.4. The zero-order chi connectivity index (χ0) is 17.2. The molecule has 1 N–H and O–H groups in total. The largest absolute Gasteiger partial charge is 0.336 e. The summed E-state index contributed by atoms with van der Waals surface area (Å²) >= 11 is 6.20. The molecule has 0 unspecified atom stereocenters. The monoisotopic (exact) mass is 333 g/mol. The summed E-state index contributed by atoms with van der Waals surface area (Å²) < 4.78 is 0. The van der Waals surface area contributed by atoms with E-state index in [1.165, 1.54) is 5.56 Å². The molecule has 0 aliphatic rings. The number of benzene rings is 1. The minimum Gasteiger partial charge on any atom is -0.336 e. The fourth-order valence-electron chi connectivity index (χ4n) is 2.39. The fourth-order valence-corrected chi connectivity index (χ4v) is 2.69. The van der Waals surface area contributed by atoms with Gasteiger partial charge in [0.25, 0.3) is 5.91 Å². The molecule has 0 saturated carbocycles. The van der Waals surface area contributed by atoms with Crippen molar-refractivity contribution in [3.05, 3.63) is 51.8 Å².